The Morgan fingerprint density at radius 3 is 2.56 bits per heavy atom. The monoisotopic (exact) mass is 465 g/mol. The van der Waals surface area contributed by atoms with Crippen LogP contribution in [0.1, 0.15) is 22.9 Å². The van der Waals surface area contributed by atoms with Crippen molar-refractivity contribution in [3.05, 3.63) is 101 Å². The van der Waals surface area contributed by atoms with Crippen molar-refractivity contribution in [2.45, 2.75) is 12.3 Å². The molecule has 0 saturated heterocycles. The first kappa shape index (κ1) is 20.4. The molecule has 0 amide bonds. The minimum atomic E-state index is -0.0470. The summed E-state index contributed by atoms with van der Waals surface area (Å²) in [6, 6.07) is 26.1. The van der Waals surface area contributed by atoms with Crippen LogP contribution in [0.2, 0.25) is 5.02 Å². The lowest BCUT2D eigenvalue weighted by Crippen LogP contribution is -2.08. The summed E-state index contributed by atoms with van der Waals surface area (Å²) in [5.41, 5.74) is 13.4. The number of rotatable bonds is 5. The zero-order valence-electron chi connectivity index (χ0n) is 18.0. The van der Waals surface area contributed by atoms with Gasteiger partial charge in [-0.05, 0) is 41.0 Å². The van der Waals surface area contributed by atoms with Crippen molar-refractivity contribution in [2.24, 2.45) is 0 Å². The molecule has 3 aromatic carbocycles. The molecule has 3 aromatic heterocycles. The van der Waals surface area contributed by atoms with Crippen LogP contribution in [-0.4, -0.2) is 30.4 Å². The van der Waals surface area contributed by atoms with E-state index in [0.29, 0.717) is 28.4 Å². The van der Waals surface area contributed by atoms with Crippen LogP contribution >= 0.6 is 11.6 Å². The summed E-state index contributed by atoms with van der Waals surface area (Å²) in [5, 5.41) is 11.9. The minimum Gasteiger partial charge on any atom is -0.384 e. The molecule has 1 atom stereocenters. The van der Waals surface area contributed by atoms with Crippen molar-refractivity contribution in [3.8, 4) is 11.1 Å². The van der Waals surface area contributed by atoms with E-state index in [2.05, 4.69) is 43.6 Å². The van der Waals surface area contributed by atoms with Crippen molar-refractivity contribution in [2.75, 3.05) is 5.73 Å². The van der Waals surface area contributed by atoms with E-state index < -0.39 is 0 Å². The number of fused-ring (bicyclic) bond motifs is 2. The molecule has 4 N–H and O–H groups in total. The molecule has 34 heavy (non-hydrogen) atoms. The third-order valence-electron chi connectivity index (χ3n) is 6.01. The lowest BCUT2D eigenvalue weighted by atomic mass is 9.88. The Kier molecular flexibility index (Phi) is 4.96. The van der Waals surface area contributed by atoms with Crippen molar-refractivity contribution in [1.82, 2.24) is 30.4 Å². The van der Waals surface area contributed by atoms with Gasteiger partial charge < -0.3 is 10.7 Å². The van der Waals surface area contributed by atoms with Crippen LogP contribution in [0.15, 0.2) is 78.9 Å². The molecule has 8 heteroatoms. The fourth-order valence-corrected chi connectivity index (χ4v) is 4.69. The number of nitrogens with zero attached hydrogens (tertiary/aromatic N) is 4. The number of anilines is 1. The van der Waals surface area contributed by atoms with Crippen LogP contribution in [0.4, 0.5) is 5.82 Å². The summed E-state index contributed by atoms with van der Waals surface area (Å²) in [5.74, 6) is 1.23. The molecule has 0 aliphatic heterocycles. The molecule has 7 nitrogen and oxygen atoms in total. The zero-order chi connectivity index (χ0) is 23.1. The van der Waals surface area contributed by atoms with Gasteiger partial charge in [-0.25, -0.2) is 9.97 Å². The van der Waals surface area contributed by atoms with E-state index in [1.165, 1.54) is 0 Å². The van der Waals surface area contributed by atoms with Crippen molar-refractivity contribution >= 4 is 39.6 Å². The van der Waals surface area contributed by atoms with Crippen LogP contribution in [0.25, 0.3) is 33.3 Å². The fourth-order valence-electron chi connectivity index (χ4n) is 4.50. The highest BCUT2D eigenvalue weighted by Crippen LogP contribution is 2.34. The molecular weight excluding hydrogens is 446 g/mol. The number of halogens is 1. The number of imidazole rings is 1. The third-order valence-corrected chi connectivity index (χ3v) is 6.25. The van der Waals surface area contributed by atoms with E-state index in [1.54, 1.807) is 0 Å². The maximum absolute atomic E-state index is 6.25. The SMILES string of the molecule is Nc1cc(C(Cc2nc3c(-c4cccc(Cl)c4)cccc3[nH]2)c2ccccc2)c2n[nH]nc2n1. The number of para-hydroxylation sites is 1. The molecule has 6 rings (SSSR count). The lowest BCUT2D eigenvalue weighted by Gasteiger charge is -2.17. The highest BCUT2D eigenvalue weighted by Gasteiger charge is 2.22. The van der Waals surface area contributed by atoms with E-state index in [4.69, 9.17) is 22.3 Å². The van der Waals surface area contributed by atoms with Gasteiger partial charge in [0.05, 0.1) is 11.0 Å². The number of nitrogens with two attached hydrogens (primary N) is 1. The molecule has 0 radical (unpaired) electrons. The standard InChI is InChI=1S/C26H20ClN7/c27-17-9-4-8-16(12-17)18-10-5-11-21-24(18)31-23(29-21)14-19(15-6-2-1-3-7-15)20-13-22(28)30-26-25(20)32-34-33-26/h1-13,19H,14H2,(H,29,31)(H3,28,30,32,33,34). The second-order valence-electron chi connectivity index (χ2n) is 8.20. The van der Waals surface area contributed by atoms with E-state index in [0.717, 1.165) is 39.1 Å². The molecule has 0 saturated carbocycles. The molecule has 0 aliphatic rings. The average Bonchev–Trinajstić information content (AvgIpc) is 3.49. The number of aromatic nitrogens is 6. The highest BCUT2D eigenvalue weighted by molar-refractivity contribution is 6.30. The van der Waals surface area contributed by atoms with E-state index in [-0.39, 0.29) is 5.92 Å². The molecular formula is C26H20ClN7. The molecule has 0 spiro atoms. The van der Waals surface area contributed by atoms with Gasteiger partial charge in [-0.1, -0.05) is 66.2 Å². The maximum atomic E-state index is 6.25. The van der Waals surface area contributed by atoms with Gasteiger partial charge in [0.1, 0.15) is 17.2 Å². The Labute approximate surface area is 200 Å². The van der Waals surface area contributed by atoms with Crippen LogP contribution in [0, 0.1) is 0 Å². The quantitative estimate of drug-likeness (QED) is 0.311. The number of nitrogens with one attached hydrogen (secondary N) is 2. The van der Waals surface area contributed by atoms with Crippen molar-refractivity contribution in [3.63, 3.8) is 0 Å². The summed E-state index contributed by atoms with van der Waals surface area (Å²) in [6.07, 6.45) is 0.624. The van der Waals surface area contributed by atoms with Gasteiger partial charge >= 0.3 is 0 Å². The Balaban J connectivity index is 1.47. The first-order valence-corrected chi connectivity index (χ1v) is 11.3. The van der Waals surface area contributed by atoms with E-state index >= 15 is 0 Å². The first-order valence-electron chi connectivity index (χ1n) is 10.9. The van der Waals surface area contributed by atoms with E-state index in [9.17, 15) is 0 Å². The minimum absolute atomic E-state index is 0.0470. The van der Waals surface area contributed by atoms with Crippen molar-refractivity contribution < 1.29 is 0 Å². The fraction of sp³-hybridized carbons (Fsp3) is 0.0769. The summed E-state index contributed by atoms with van der Waals surface area (Å²) < 4.78 is 0. The number of hydrogen-bond acceptors (Lipinski definition) is 5. The number of pyridine rings is 1. The van der Waals surface area contributed by atoms with Gasteiger partial charge in [0.25, 0.3) is 0 Å². The van der Waals surface area contributed by atoms with Crippen LogP contribution in [0.5, 0.6) is 0 Å². The number of aromatic amines is 2. The first-order chi connectivity index (χ1) is 16.7. The molecule has 6 aromatic rings. The predicted molar refractivity (Wildman–Crippen MR) is 135 cm³/mol. The Morgan fingerprint density at radius 1 is 0.853 bits per heavy atom. The van der Waals surface area contributed by atoms with Gasteiger partial charge in [-0.15, -0.1) is 5.10 Å². The molecule has 0 fully saturated rings. The van der Waals surface area contributed by atoms with Crippen LogP contribution in [-0.2, 0) is 6.42 Å². The van der Waals surface area contributed by atoms with Crippen LogP contribution in [0.3, 0.4) is 0 Å². The van der Waals surface area contributed by atoms with Crippen LogP contribution < -0.4 is 5.73 Å². The normalized spacial score (nSPS) is 12.4. The molecule has 0 aliphatic carbocycles. The molecule has 3 heterocycles. The largest absolute Gasteiger partial charge is 0.384 e. The second-order valence-corrected chi connectivity index (χ2v) is 8.63. The van der Waals surface area contributed by atoms with Gasteiger partial charge in [0.15, 0.2) is 0 Å². The summed E-state index contributed by atoms with van der Waals surface area (Å²) in [6.45, 7) is 0. The molecule has 0 bridgehead atoms. The van der Waals surface area contributed by atoms with Gasteiger partial charge in [0, 0.05) is 22.9 Å². The topological polar surface area (TPSA) is 109 Å². The van der Waals surface area contributed by atoms with Gasteiger partial charge in [0.2, 0.25) is 5.65 Å². The summed E-state index contributed by atoms with van der Waals surface area (Å²) in [4.78, 5) is 12.8. The van der Waals surface area contributed by atoms with Gasteiger partial charge in [-0.3, -0.25) is 0 Å². The van der Waals surface area contributed by atoms with Crippen molar-refractivity contribution in [1.29, 1.82) is 0 Å². The zero-order valence-corrected chi connectivity index (χ0v) is 18.8. The smallest absolute Gasteiger partial charge is 0.203 e. The highest BCUT2D eigenvalue weighted by atomic mass is 35.5. The Morgan fingerprint density at radius 2 is 1.71 bits per heavy atom. The average molecular weight is 466 g/mol. The number of H-pyrrole nitrogens is 2. The molecule has 166 valence electrons. The number of nitrogen functional groups attached to an aromatic ring is 1. The summed E-state index contributed by atoms with van der Waals surface area (Å²) in [7, 11) is 0. The number of hydrogen-bond donors (Lipinski definition) is 3. The Hall–Kier alpha value is -4.23. The second kappa shape index (κ2) is 8.28. The third kappa shape index (κ3) is 3.66. The lowest BCUT2D eigenvalue weighted by molar-refractivity contribution is 0.771. The van der Waals surface area contributed by atoms with E-state index in [1.807, 2.05) is 60.7 Å². The predicted octanol–water partition coefficient (Wildman–Crippen LogP) is 5.51. The number of benzene rings is 3. The molecule has 1 unspecified atom stereocenters. The summed E-state index contributed by atoms with van der Waals surface area (Å²) >= 11 is 6.25. The maximum Gasteiger partial charge on any atom is 0.203 e. The van der Waals surface area contributed by atoms with Gasteiger partial charge in [-0.2, -0.15) is 10.3 Å². The Bertz CT molecular complexity index is 1620.